The molecule has 0 amide bonds. The second kappa shape index (κ2) is 5.51. The van der Waals surface area contributed by atoms with Crippen LogP contribution in [0.3, 0.4) is 0 Å². The molecule has 1 aromatic heterocycles. The van der Waals surface area contributed by atoms with E-state index in [-0.39, 0.29) is 0 Å². The lowest BCUT2D eigenvalue weighted by atomic mass is 9.99. The van der Waals surface area contributed by atoms with Crippen LogP contribution in [0.2, 0.25) is 0 Å². The summed E-state index contributed by atoms with van der Waals surface area (Å²) in [7, 11) is 1.67. The van der Waals surface area contributed by atoms with Gasteiger partial charge in [0.15, 0.2) is 0 Å². The van der Waals surface area contributed by atoms with Crippen molar-refractivity contribution in [3.8, 4) is 5.75 Å². The van der Waals surface area contributed by atoms with Gasteiger partial charge in [0, 0.05) is 9.58 Å². The Labute approximate surface area is 128 Å². The zero-order valence-electron chi connectivity index (χ0n) is 12.4. The molecule has 0 radical (unpaired) electrons. The lowest BCUT2D eigenvalue weighted by Crippen LogP contribution is -2.01. The summed E-state index contributed by atoms with van der Waals surface area (Å²) in [6, 6.07) is 14.3. The van der Waals surface area contributed by atoms with Gasteiger partial charge in [0.2, 0.25) is 0 Å². The van der Waals surface area contributed by atoms with E-state index in [1.807, 2.05) is 38.1 Å². The van der Waals surface area contributed by atoms with Gasteiger partial charge in [0.1, 0.15) is 11.9 Å². The minimum absolute atomic E-state index is 0.591. The molecule has 0 aliphatic carbocycles. The Morgan fingerprint density at radius 3 is 2.52 bits per heavy atom. The van der Waals surface area contributed by atoms with Crippen LogP contribution in [0.15, 0.2) is 42.5 Å². The van der Waals surface area contributed by atoms with Crippen molar-refractivity contribution in [1.29, 1.82) is 0 Å². The summed E-state index contributed by atoms with van der Waals surface area (Å²) in [5.74, 6) is 0.861. The maximum atomic E-state index is 10.7. The van der Waals surface area contributed by atoms with E-state index in [0.29, 0.717) is 0 Å². The van der Waals surface area contributed by atoms with E-state index in [4.69, 9.17) is 4.74 Å². The standard InChI is InChI=1S/C18H18O2S/c1-11-9-15(20-3)12(2)8-14(11)18(19)17-10-13-6-4-5-7-16(13)21-17/h4-10,18-19H,1-3H3. The highest BCUT2D eigenvalue weighted by Gasteiger charge is 2.17. The Bertz CT molecular complexity index is 756. The van der Waals surface area contributed by atoms with Gasteiger partial charge in [-0.05, 0) is 60.2 Å². The van der Waals surface area contributed by atoms with Gasteiger partial charge in [-0.3, -0.25) is 0 Å². The highest BCUT2D eigenvalue weighted by molar-refractivity contribution is 7.19. The largest absolute Gasteiger partial charge is 0.496 e. The second-order valence-corrected chi connectivity index (χ2v) is 6.38. The van der Waals surface area contributed by atoms with Crippen LogP contribution in [0.25, 0.3) is 10.1 Å². The Hall–Kier alpha value is -1.84. The molecule has 1 N–H and O–H groups in total. The van der Waals surface area contributed by atoms with Gasteiger partial charge in [0.25, 0.3) is 0 Å². The van der Waals surface area contributed by atoms with Crippen LogP contribution in [0.5, 0.6) is 5.75 Å². The molecule has 3 aromatic rings. The third kappa shape index (κ3) is 2.55. The van der Waals surface area contributed by atoms with Gasteiger partial charge in [-0.15, -0.1) is 11.3 Å². The SMILES string of the molecule is COc1cc(C)c(C(O)c2cc3ccccc3s2)cc1C. The van der Waals surface area contributed by atoms with E-state index in [2.05, 4.69) is 18.2 Å². The number of benzene rings is 2. The van der Waals surface area contributed by atoms with E-state index in [9.17, 15) is 5.11 Å². The maximum Gasteiger partial charge on any atom is 0.122 e. The van der Waals surface area contributed by atoms with Crippen LogP contribution in [0.4, 0.5) is 0 Å². The predicted molar refractivity (Wildman–Crippen MR) is 88.4 cm³/mol. The fourth-order valence-electron chi connectivity index (χ4n) is 2.62. The van der Waals surface area contributed by atoms with E-state index in [1.165, 1.54) is 10.1 Å². The van der Waals surface area contributed by atoms with Gasteiger partial charge in [-0.25, -0.2) is 0 Å². The number of aliphatic hydroxyl groups is 1. The summed E-state index contributed by atoms with van der Waals surface area (Å²) in [6.45, 7) is 4.01. The normalized spacial score (nSPS) is 12.6. The highest BCUT2D eigenvalue weighted by atomic mass is 32.1. The maximum absolute atomic E-state index is 10.7. The molecule has 21 heavy (non-hydrogen) atoms. The van der Waals surface area contributed by atoms with E-state index in [0.717, 1.165) is 27.3 Å². The molecule has 3 rings (SSSR count). The molecule has 0 saturated carbocycles. The quantitative estimate of drug-likeness (QED) is 0.765. The van der Waals surface area contributed by atoms with Crippen molar-refractivity contribution in [2.45, 2.75) is 20.0 Å². The molecule has 0 spiro atoms. The molecule has 1 unspecified atom stereocenters. The topological polar surface area (TPSA) is 29.5 Å². The molecule has 0 bridgehead atoms. The fourth-order valence-corrected chi connectivity index (χ4v) is 3.69. The first kappa shape index (κ1) is 14.1. The van der Waals surface area contributed by atoms with Crippen LogP contribution in [0, 0.1) is 13.8 Å². The molecule has 2 nitrogen and oxygen atoms in total. The molecule has 0 aliphatic rings. The number of ether oxygens (including phenoxy) is 1. The molecule has 0 fully saturated rings. The monoisotopic (exact) mass is 298 g/mol. The lowest BCUT2D eigenvalue weighted by molar-refractivity contribution is 0.223. The fraction of sp³-hybridized carbons (Fsp3) is 0.222. The molecule has 108 valence electrons. The van der Waals surface area contributed by atoms with Crippen molar-refractivity contribution in [2.75, 3.05) is 7.11 Å². The third-order valence-corrected chi connectivity index (χ3v) is 4.96. The smallest absolute Gasteiger partial charge is 0.122 e. The van der Waals surface area contributed by atoms with Gasteiger partial charge >= 0.3 is 0 Å². The molecular weight excluding hydrogens is 280 g/mol. The van der Waals surface area contributed by atoms with E-state index >= 15 is 0 Å². The van der Waals surface area contributed by atoms with Gasteiger partial charge in [-0.1, -0.05) is 18.2 Å². The number of methoxy groups -OCH3 is 1. The Kier molecular flexibility index (Phi) is 3.70. The summed E-state index contributed by atoms with van der Waals surface area (Å²) >= 11 is 1.64. The van der Waals surface area contributed by atoms with Crippen LogP contribution >= 0.6 is 11.3 Å². The Balaban J connectivity index is 2.05. The molecule has 0 saturated heterocycles. The van der Waals surface area contributed by atoms with Crippen LogP contribution in [-0.4, -0.2) is 12.2 Å². The van der Waals surface area contributed by atoms with Crippen molar-refractivity contribution in [3.05, 3.63) is 64.0 Å². The number of rotatable bonds is 3. The van der Waals surface area contributed by atoms with Gasteiger partial charge in [0.05, 0.1) is 7.11 Å². The molecule has 2 aromatic carbocycles. The first-order valence-electron chi connectivity index (χ1n) is 6.92. The number of aliphatic hydroxyl groups excluding tert-OH is 1. The zero-order chi connectivity index (χ0) is 15.0. The summed E-state index contributed by atoms with van der Waals surface area (Å²) in [5, 5.41) is 11.9. The number of fused-ring (bicyclic) bond motifs is 1. The summed E-state index contributed by atoms with van der Waals surface area (Å²) in [5.41, 5.74) is 3.03. The highest BCUT2D eigenvalue weighted by Crippen LogP contribution is 2.35. The van der Waals surface area contributed by atoms with E-state index in [1.54, 1.807) is 18.4 Å². The van der Waals surface area contributed by atoms with Crippen molar-refractivity contribution in [3.63, 3.8) is 0 Å². The predicted octanol–water partition coefficient (Wildman–Crippen LogP) is 4.61. The van der Waals surface area contributed by atoms with Crippen LogP contribution in [0.1, 0.15) is 27.7 Å². The zero-order valence-corrected chi connectivity index (χ0v) is 13.2. The third-order valence-electron chi connectivity index (χ3n) is 3.79. The summed E-state index contributed by atoms with van der Waals surface area (Å²) in [4.78, 5) is 0.976. The first-order chi connectivity index (χ1) is 10.1. The van der Waals surface area contributed by atoms with Gasteiger partial charge < -0.3 is 9.84 Å². The number of aryl methyl sites for hydroxylation is 2. The molecule has 3 heteroatoms. The van der Waals surface area contributed by atoms with Crippen LogP contribution in [-0.2, 0) is 0 Å². The lowest BCUT2D eigenvalue weighted by Gasteiger charge is -2.15. The first-order valence-corrected chi connectivity index (χ1v) is 7.73. The van der Waals surface area contributed by atoms with Crippen molar-refractivity contribution >= 4 is 21.4 Å². The second-order valence-electron chi connectivity index (χ2n) is 5.27. The molecule has 0 aliphatic heterocycles. The molecule has 1 heterocycles. The van der Waals surface area contributed by atoms with Crippen molar-refractivity contribution in [1.82, 2.24) is 0 Å². The van der Waals surface area contributed by atoms with Crippen LogP contribution < -0.4 is 4.74 Å². The minimum Gasteiger partial charge on any atom is -0.496 e. The Morgan fingerprint density at radius 1 is 1.05 bits per heavy atom. The summed E-state index contributed by atoms with van der Waals surface area (Å²) < 4.78 is 6.54. The number of thiophene rings is 1. The summed E-state index contributed by atoms with van der Waals surface area (Å²) in [6.07, 6.45) is -0.591. The average molecular weight is 298 g/mol. The van der Waals surface area contributed by atoms with Gasteiger partial charge in [-0.2, -0.15) is 0 Å². The van der Waals surface area contributed by atoms with Crippen molar-refractivity contribution < 1.29 is 9.84 Å². The minimum atomic E-state index is -0.591. The molecule has 1 atom stereocenters. The molecular formula is C18H18O2S. The van der Waals surface area contributed by atoms with Crippen molar-refractivity contribution in [2.24, 2.45) is 0 Å². The number of hydrogen-bond acceptors (Lipinski definition) is 3. The van der Waals surface area contributed by atoms with E-state index < -0.39 is 6.10 Å². The average Bonchev–Trinajstić information content (AvgIpc) is 2.92. The number of hydrogen-bond donors (Lipinski definition) is 1. The Morgan fingerprint density at radius 2 is 1.81 bits per heavy atom.